The average molecular weight is 319 g/mol. The predicted molar refractivity (Wildman–Crippen MR) is 82.5 cm³/mol. The fourth-order valence-electron chi connectivity index (χ4n) is 2.36. The van der Waals surface area contributed by atoms with Gasteiger partial charge in [-0.3, -0.25) is 10.3 Å². The first-order valence-corrected chi connectivity index (χ1v) is 8.02. The van der Waals surface area contributed by atoms with E-state index in [1.54, 1.807) is 22.8 Å². The zero-order valence-corrected chi connectivity index (χ0v) is 12.8. The normalized spacial score (nSPS) is 17.4. The number of carbonyl (C=O) groups excluding carboxylic acids is 1. The molecule has 116 valence electrons. The average Bonchev–Trinajstić information content (AvgIpc) is 3.21. The van der Waals surface area contributed by atoms with Crippen molar-refractivity contribution < 1.29 is 9.53 Å². The Morgan fingerprint density at radius 3 is 3.00 bits per heavy atom. The molecule has 3 rings (SSSR count). The van der Waals surface area contributed by atoms with Gasteiger partial charge >= 0.3 is 6.03 Å². The van der Waals surface area contributed by atoms with E-state index in [-0.39, 0.29) is 12.1 Å². The second-order valence-corrected chi connectivity index (χ2v) is 5.88. The Bertz CT molecular complexity index is 587. The molecule has 0 aromatic carbocycles. The van der Waals surface area contributed by atoms with Gasteiger partial charge in [0.15, 0.2) is 0 Å². The number of rotatable bonds is 5. The third-order valence-electron chi connectivity index (χ3n) is 3.43. The number of nitrogens with zero attached hydrogens (tertiary/aromatic N) is 4. The van der Waals surface area contributed by atoms with E-state index in [2.05, 4.69) is 20.5 Å². The van der Waals surface area contributed by atoms with E-state index >= 15 is 0 Å². The van der Waals surface area contributed by atoms with Crippen LogP contribution in [0.3, 0.4) is 0 Å². The second kappa shape index (κ2) is 7.28. The van der Waals surface area contributed by atoms with Gasteiger partial charge in [0.05, 0.1) is 6.10 Å². The summed E-state index contributed by atoms with van der Waals surface area (Å²) in [4.78, 5) is 18.2. The standard InChI is InChI=1S/C14H17N5O2S/c20-14(17-13-18-16-10-22-13)19(9-12-2-1-7-21-12)8-11-3-5-15-6-4-11/h3-6,10,12H,1-2,7-9H2,(H,17,18,20). The van der Waals surface area contributed by atoms with E-state index in [0.717, 1.165) is 25.0 Å². The Balaban J connectivity index is 1.68. The zero-order chi connectivity index (χ0) is 15.2. The van der Waals surface area contributed by atoms with Gasteiger partial charge in [-0.15, -0.1) is 10.2 Å². The van der Waals surface area contributed by atoms with E-state index in [9.17, 15) is 4.79 Å². The van der Waals surface area contributed by atoms with E-state index in [1.807, 2.05) is 12.1 Å². The van der Waals surface area contributed by atoms with Gasteiger partial charge in [0.25, 0.3) is 0 Å². The molecule has 3 heterocycles. The molecule has 8 heteroatoms. The maximum absolute atomic E-state index is 12.5. The first-order valence-electron chi connectivity index (χ1n) is 7.14. The number of ether oxygens (including phenoxy) is 1. The number of aromatic nitrogens is 3. The van der Waals surface area contributed by atoms with Gasteiger partial charge in [0, 0.05) is 32.1 Å². The van der Waals surface area contributed by atoms with Gasteiger partial charge in [0.2, 0.25) is 5.13 Å². The molecule has 2 aromatic rings. The van der Waals surface area contributed by atoms with Gasteiger partial charge in [-0.05, 0) is 30.5 Å². The number of amides is 2. The smallest absolute Gasteiger partial charge is 0.324 e. The fourth-order valence-corrected chi connectivity index (χ4v) is 2.79. The SMILES string of the molecule is O=C(Nc1nncs1)N(Cc1ccncc1)CC1CCCO1. The van der Waals surface area contributed by atoms with Crippen LogP contribution in [0.4, 0.5) is 9.93 Å². The molecule has 0 spiro atoms. The van der Waals surface area contributed by atoms with E-state index in [1.165, 1.54) is 11.3 Å². The number of pyridine rings is 1. The van der Waals surface area contributed by atoms with Crippen molar-refractivity contribution >= 4 is 22.5 Å². The molecule has 2 amide bonds. The third kappa shape index (κ3) is 3.99. The van der Waals surface area contributed by atoms with Gasteiger partial charge in [-0.25, -0.2) is 4.79 Å². The van der Waals surface area contributed by atoms with Crippen molar-refractivity contribution in [3.05, 3.63) is 35.6 Å². The first-order chi connectivity index (χ1) is 10.8. The summed E-state index contributed by atoms with van der Waals surface area (Å²) in [7, 11) is 0. The van der Waals surface area contributed by atoms with Crippen LogP contribution in [0.15, 0.2) is 30.0 Å². The van der Waals surface area contributed by atoms with E-state index in [0.29, 0.717) is 18.2 Å². The molecule has 1 atom stereocenters. The summed E-state index contributed by atoms with van der Waals surface area (Å²) < 4.78 is 5.65. The molecule has 0 radical (unpaired) electrons. The number of hydrogen-bond acceptors (Lipinski definition) is 6. The quantitative estimate of drug-likeness (QED) is 0.913. The summed E-state index contributed by atoms with van der Waals surface area (Å²) in [5.74, 6) is 0. The highest BCUT2D eigenvalue weighted by molar-refractivity contribution is 7.13. The van der Waals surface area contributed by atoms with Gasteiger partial charge in [0.1, 0.15) is 5.51 Å². The van der Waals surface area contributed by atoms with Gasteiger partial charge in [-0.2, -0.15) is 0 Å². The Labute approximate surface area is 132 Å². The summed E-state index contributed by atoms with van der Waals surface area (Å²) in [5.41, 5.74) is 2.61. The lowest BCUT2D eigenvalue weighted by Gasteiger charge is -2.25. The largest absolute Gasteiger partial charge is 0.376 e. The van der Waals surface area contributed by atoms with Crippen LogP contribution in [-0.2, 0) is 11.3 Å². The molecule has 1 aliphatic heterocycles. The summed E-state index contributed by atoms with van der Waals surface area (Å²) in [6, 6.07) is 3.62. The highest BCUT2D eigenvalue weighted by Crippen LogP contribution is 2.17. The minimum atomic E-state index is -0.191. The zero-order valence-electron chi connectivity index (χ0n) is 12.0. The Kier molecular flexibility index (Phi) is 4.92. The molecule has 7 nitrogen and oxygen atoms in total. The molecule has 22 heavy (non-hydrogen) atoms. The summed E-state index contributed by atoms with van der Waals surface area (Å²) in [5, 5.41) is 10.8. The first kappa shape index (κ1) is 14.9. The van der Waals surface area contributed by atoms with Crippen molar-refractivity contribution in [2.24, 2.45) is 0 Å². The van der Waals surface area contributed by atoms with Crippen molar-refractivity contribution in [2.75, 3.05) is 18.5 Å². The Morgan fingerprint density at radius 2 is 2.32 bits per heavy atom. The van der Waals surface area contributed by atoms with Crippen molar-refractivity contribution in [2.45, 2.75) is 25.5 Å². The lowest BCUT2D eigenvalue weighted by molar-refractivity contribution is 0.0819. The van der Waals surface area contributed by atoms with Crippen LogP contribution < -0.4 is 5.32 Å². The second-order valence-electron chi connectivity index (χ2n) is 5.05. The number of nitrogens with one attached hydrogen (secondary N) is 1. The van der Waals surface area contributed by atoms with Crippen LogP contribution in [0.25, 0.3) is 0 Å². The van der Waals surface area contributed by atoms with Crippen LogP contribution in [0, 0.1) is 0 Å². The maximum atomic E-state index is 12.5. The van der Waals surface area contributed by atoms with Gasteiger partial charge in [-0.1, -0.05) is 11.3 Å². The molecule has 1 saturated heterocycles. The number of hydrogen-bond donors (Lipinski definition) is 1. The van der Waals surface area contributed by atoms with Gasteiger partial charge < -0.3 is 9.64 Å². The molecule has 1 N–H and O–H groups in total. The molecule has 2 aromatic heterocycles. The van der Waals surface area contributed by atoms with Crippen LogP contribution >= 0.6 is 11.3 Å². The topological polar surface area (TPSA) is 80.2 Å². The molecule has 1 aliphatic rings. The Morgan fingerprint density at radius 1 is 1.45 bits per heavy atom. The van der Waals surface area contributed by atoms with Crippen molar-refractivity contribution in [1.29, 1.82) is 0 Å². The predicted octanol–water partition coefficient (Wildman–Crippen LogP) is 2.15. The number of carbonyl (C=O) groups is 1. The van der Waals surface area contributed by atoms with Crippen LogP contribution in [-0.4, -0.2) is 45.4 Å². The maximum Gasteiger partial charge on any atom is 0.324 e. The lowest BCUT2D eigenvalue weighted by atomic mass is 10.2. The summed E-state index contributed by atoms with van der Waals surface area (Å²) in [6.07, 6.45) is 5.58. The molecular weight excluding hydrogens is 302 g/mol. The lowest BCUT2D eigenvalue weighted by Crippen LogP contribution is -2.39. The highest BCUT2D eigenvalue weighted by Gasteiger charge is 2.23. The molecule has 0 bridgehead atoms. The van der Waals surface area contributed by atoms with E-state index in [4.69, 9.17) is 4.74 Å². The monoisotopic (exact) mass is 319 g/mol. The minimum Gasteiger partial charge on any atom is -0.376 e. The molecule has 1 unspecified atom stereocenters. The van der Waals surface area contributed by atoms with Crippen LogP contribution in [0.1, 0.15) is 18.4 Å². The Hall–Kier alpha value is -2.06. The fraction of sp³-hybridized carbons (Fsp3) is 0.429. The number of anilines is 1. The molecule has 0 aliphatic carbocycles. The van der Waals surface area contributed by atoms with Crippen LogP contribution in [0.2, 0.25) is 0 Å². The summed E-state index contributed by atoms with van der Waals surface area (Å²) >= 11 is 1.30. The van der Waals surface area contributed by atoms with Crippen molar-refractivity contribution in [1.82, 2.24) is 20.1 Å². The molecule has 1 fully saturated rings. The summed E-state index contributed by atoms with van der Waals surface area (Å²) in [6.45, 7) is 1.84. The minimum absolute atomic E-state index is 0.0991. The van der Waals surface area contributed by atoms with Crippen LogP contribution in [0.5, 0.6) is 0 Å². The molecule has 0 saturated carbocycles. The highest BCUT2D eigenvalue weighted by atomic mass is 32.1. The third-order valence-corrected chi connectivity index (χ3v) is 4.04. The molecular formula is C14H17N5O2S. The van der Waals surface area contributed by atoms with Crippen molar-refractivity contribution in [3.8, 4) is 0 Å². The van der Waals surface area contributed by atoms with Crippen molar-refractivity contribution in [3.63, 3.8) is 0 Å². The number of urea groups is 1. The van der Waals surface area contributed by atoms with E-state index < -0.39 is 0 Å².